The van der Waals surface area contributed by atoms with E-state index in [1.54, 1.807) is 58.0 Å². The maximum absolute atomic E-state index is 13.1. The quantitative estimate of drug-likeness (QED) is 0.186. The molecule has 0 spiro atoms. The number of carbonyl (C=O) groups excluding carboxylic acids is 3. The zero-order chi connectivity index (χ0) is 27.0. The molecule has 2 amide bonds. The molecule has 0 aromatic heterocycles. The Morgan fingerprint density at radius 2 is 1.51 bits per heavy atom. The van der Waals surface area contributed by atoms with Gasteiger partial charge in [0.05, 0.1) is 12.1 Å². The smallest absolute Gasteiger partial charge is 0.359 e. The summed E-state index contributed by atoms with van der Waals surface area (Å²) in [6, 6.07) is 4.48. The number of hydrogen-bond donors (Lipinski definition) is 5. The van der Waals surface area contributed by atoms with Gasteiger partial charge in [0, 0.05) is 0 Å². The Balaban J connectivity index is 3.30. The second-order valence-corrected chi connectivity index (χ2v) is 11.0. The van der Waals surface area contributed by atoms with Crippen LogP contribution in [0.25, 0.3) is 0 Å². The molecular weight excluding hydrogens is 478 g/mol. The molecule has 0 fully saturated rings. The fourth-order valence-corrected chi connectivity index (χ4v) is 4.10. The maximum Gasteiger partial charge on any atom is 0.359 e. The summed E-state index contributed by atoms with van der Waals surface area (Å²) < 4.78 is 39.5. The lowest BCUT2D eigenvalue weighted by Gasteiger charge is -2.34. The predicted molar refractivity (Wildman–Crippen MR) is 129 cm³/mol. The fourth-order valence-electron chi connectivity index (χ4n) is 3.32. The molecular formula is C23H37N3O8S. The molecule has 1 aromatic carbocycles. The largest absolute Gasteiger partial charge is 0.458 e. The number of rotatable bonds is 13. The first kappa shape index (κ1) is 30.5. The predicted octanol–water partition coefficient (Wildman–Crippen LogP) is 0.715. The van der Waals surface area contributed by atoms with Crippen molar-refractivity contribution in [1.82, 2.24) is 10.6 Å². The Morgan fingerprint density at radius 3 is 1.97 bits per heavy atom. The molecule has 0 bridgehead atoms. The number of aliphatic hydroxyl groups is 1. The average molecular weight is 516 g/mol. The van der Waals surface area contributed by atoms with E-state index in [9.17, 15) is 32.5 Å². The number of esters is 1. The highest BCUT2D eigenvalue weighted by molar-refractivity contribution is 7.88. The summed E-state index contributed by atoms with van der Waals surface area (Å²) in [6.07, 6.45) is -0.0421. The van der Waals surface area contributed by atoms with E-state index < -0.39 is 51.0 Å². The first-order valence-electron chi connectivity index (χ1n) is 11.4. The Kier molecular flexibility index (Phi) is 11.3. The Bertz CT molecular complexity index is 966. The molecule has 1 rings (SSSR count). The molecule has 1 aromatic rings. The molecule has 12 heteroatoms. The van der Waals surface area contributed by atoms with Gasteiger partial charge in [-0.15, -0.1) is 0 Å². The molecule has 0 heterocycles. The van der Waals surface area contributed by atoms with E-state index in [1.165, 1.54) is 6.92 Å². The summed E-state index contributed by atoms with van der Waals surface area (Å²) in [7, 11) is -5.48. The lowest BCUT2D eigenvalue weighted by molar-refractivity contribution is -0.162. The summed E-state index contributed by atoms with van der Waals surface area (Å²) in [5, 5.41) is 15.9. The summed E-state index contributed by atoms with van der Waals surface area (Å²) in [5.74, 6) is -3.48. The molecule has 0 radical (unpaired) electrons. The number of benzene rings is 1. The van der Waals surface area contributed by atoms with Gasteiger partial charge in [-0.1, -0.05) is 58.0 Å². The summed E-state index contributed by atoms with van der Waals surface area (Å²) >= 11 is 0. The number of amides is 2. The molecule has 0 saturated heterocycles. The van der Waals surface area contributed by atoms with E-state index in [0.717, 1.165) is 0 Å². The van der Waals surface area contributed by atoms with Crippen molar-refractivity contribution in [3.8, 4) is 0 Å². The third-order valence-electron chi connectivity index (χ3n) is 5.15. The topological polar surface area (TPSA) is 185 Å². The first-order valence-corrected chi connectivity index (χ1v) is 12.8. The molecule has 0 aliphatic heterocycles. The van der Waals surface area contributed by atoms with Gasteiger partial charge in [0.25, 0.3) is 0 Å². The number of nitrogens with two attached hydrogens (primary N) is 1. The number of carbonyl (C=O) groups is 3. The zero-order valence-electron chi connectivity index (χ0n) is 20.7. The van der Waals surface area contributed by atoms with Crippen molar-refractivity contribution in [1.29, 1.82) is 0 Å². The van der Waals surface area contributed by atoms with Crippen molar-refractivity contribution in [3.05, 3.63) is 35.9 Å². The molecule has 6 N–H and O–H groups in total. The fraction of sp³-hybridized carbons (Fsp3) is 0.609. The van der Waals surface area contributed by atoms with Gasteiger partial charge in [0.1, 0.15) is 12.6 Å². The van der Waals surface area contributed by atoms with Gasteiger partial charge in [0.2, 0.25) is 11.8 Å². The van der Waals surface area contributed by atoms with Crippen LogP contribution in [0, 0.1) is 11.8 Å². The summed E-state index contributed by atoms with van der Waals surface area (Å²) in [6.45, 7) is 8.00. The number of nitrogens with one attached hydrogen (secondary N) is 2. The average Bonchev–Trinajstić information content (AvgIpc) is 2.74. The highest BCUT2D eigenvalue weighted by Gasteiger charge is 2.57. The van der Waals surface area contributed by atoms with Crippen LogP contribution >= 0.6 is 0 Å². The second-order valence-electron chi connectivity index (χ2n) is 9.40. The van der Waals surface area contributed by atoms with Crippen LogP contribution in [0.15, 0.2) is 30.3 Å². The van der Waals surface area contributed by atoms with Gasteiger partial charge >= 0.3 is 21.0 Å². The van der Waals surface area contributed by atoms with Crippen molar-refractivity contribution >= 4 is 27.9 Å². The molecule has 4 atom stereocenters. The van der Waals surface area contributed by atoms with Gasteiger partial charge < -0.3 is 26.2 Å². The lowest BCUT2D eigenvalue weighted by atomic mass is 9.96. The van der Waals surface area contributed by atoms with Gasteiger partial charge in [-0.3, -0.25) is 14.1 Å². The van der Waals surface area contributed by atoms with Crippen LogP contribution in [0.4, 0.5) is 0 Å². The second kappa shape index (κ2) is 13.0. The van der Waals surface area contributed by atoms with Gasteiger partial charge in [-0.2, -0.15) is 8.42 Å². The Morgan fingerprint density at radius 1 is 0.971 bits per heavy atom. The van der Waals surface area contributed by atoms with E-state index in [4.69, 9.17) is 10.5 Å². The molecule has 198 valence electrons. The van der Waals surface area contributed by atoms with Crippen molar-refractivity contribution in [2.45, 2.75) is 77.1 Å². The maximum atomic E-state index is 13.1. The van der Waals surface area contributed by atoms with Crippen LogP contribution in [0.3, 0.4) is 0 Å². The van der Waals surface area contributed by atoms with E-state index in [-0.39, 0.29) is 31.3 Å². The minimum atomic E-state index is -5.48. The molecule has 2 unspecified atom stereocenters. The van der Waals surface area contributed by atoms with Crippen molar-refractivity contribution < 1.29 is 37.2 Å². The van der Waals surface area contributed by atoms with Crippen LogP contribution in [-0.4, -0.2) is 58.9 Å². The summed E-state index contributed by atoms with van der Waals surface area (Å²) in [5.41, 5.74) is 6.08. The standard InChI is InChI=1S/C23H37N3O8S/c1-14(2)11-18(25-20(27)16(5)24)21(28)26-19(12-15(3)4)23(30,35(31,32)33)22(29)34-13-17-9-7-6-8-10-17/h6-10,14-16,18-19,30H,11-13,24H2,1-5H3,(H,25,27)(H,26,28)(H,31,32,33)/t16-,18-,19?,23?/m0/s1. The third kappa shape index (κ3) is 8.88. The first-order chi connectivity index (χ1) is 16.1. The van der Waals surface area contributed by atoms with Crippen LogP contribution in [0.5, 0.6) is 0 Å². The van der Waals surface area contributed by atoms with E-state index in [1.807, 2.05) is 0 Å². The van der Waals surface area contributed by atoms with Crippen LogP contribution in [-0.2, 0) is 35.8 Å². The molecule has 0 aliphatic rings. The monoisotopic (exact) mass is 515 g/mol. The van der Waals surface area contributed by atoms with Crippen LogP contribution in [0.1, 0.15) is 53.0 Å². The third-order valence-corrected chi connectivity index (χ3v) is 6.39. The Hall–Kier alpha value is -2.54. The molecule has 0 aliphatic carbocycles. The van der Waals surface area contributed by atoms with Crippen molar-refractivity contribution in [2.24, 2.45) is 17.6 Å². The SMILES string of the molecule is CC(C)CC(NC(=O)[C@H](CC(C)C)NC(=O)[C@H](C)N)C(O)(C(=O)OCc1ccccc1)S(=O)(=O)O. The van der Waals surface area contributed by atoms with Gasteiger partial charge in [-0.05, 0) is 37.2 Å². The Labute approximate surface area is 206 Å². The minimum Gasteiger partial charge on any atom is -0.458 e. The highest BCUT2D eigenvalue weighted by Crippen LogP contribution is 2.26. The number of ether oxygens (including phenoxy) is 1. The highest BCUT2D eigenvalue weighted by atomic mass is 32.2. The van der Waals surface area contributed by atoms with Crippen molar-refractivity contribution in [3.63, 3.8) is 0 Å². The van der Waals surface area contributed by atoms with Crippen LogP contribution in [0.2, 0.25) is 0 Å². The molecule has 0 saturated carbocycles. The van der Waals surface area contributed by atoms with Crippen molar-refractivity contribution in [2.75, 3.05) is 0 Å². The van der Waals surface area contributed by atoms with Crippen LogP contribution < -0.4 is 16.4 Å². The van der Waals surface area contributed by atoms with Gasteiger partial charge in [-0.25, -0.2) is 4.79 Å². The van der Waals surface area contributed by atoms with E-state index in [2.05, 4.69) is 10.6 Å². The van der Waals surface area contributed by atoms with E-state index >= 15 is 0 Å². The normalized spacial score (nSPS) is 16.2. The minimum absolute atomic E-state index is 0.0565. The molecule has 11 nitrogen and oxygen atoms in total. The number of hydrogen-bond acceptors (Lipinski definition) is 8. The summed E-state index contributed by atoms with van der Waals surface area (Å²) in [4.78, 5) is 34.6. The molecule has 35 heavy (non-hydrogen) atoms. The lowest BCUT2D eigenvalue weighted by Crippen LogP contribution is -2.64. The zero-order valence-corrected chi connectivity index (χ0v) is 21.5. The van der Waals surface area contributed by atoms with Gasteiger partial charge in [0.15, 0.2) is 0 Å². The van der Waals surface area contributed by atoms with E-state index in [0.29, 0.717) is 5.56 Å².